The van der Waals surface area contributed by atoms with Crippen molar-refractivity contribution in [2.45, 2.75) is 39.7 Å². The van der Waals surface area contributed by atoms with Crippen LogP contribution in [0.15, 0.2) is 24.3 Å². The van der Waals surface area contributed by atoms with Crippen LogP contribution in [0.3, 0.4) is 0 Å². The first-order valence-electron chi connectivity index (χ1n) is 7.52. The van der Waals surface area contributed by atoms with E-state index in [0.29, 0.717) is 12.0 Å². The molecule has 1 aromatic heterocycles. The van der Waals surface area contributed by atoms with Crippen molar-refractivity contribution in [2.24, 2.45) is 5.92 Å². The molecule has 0 amide bonds. The lowest BCUT2D eigenvalue weighted by molar-refractivity contribution is 0.690. The molecule has 1 atom stereocenters. The van der Waals surface area contributed by atoms with Crippen LogP contribution < -0.4 is 11.1 Å². The summed E-state index contributed by atoms with van der Waals surface area (Å²) in [7, 11) is 0. The summed E-state index contributed by atoms with van der Waals surface area (Å²) in [5.74, 6) is 1.90. The minimum atomic E-state index is 0.318. The highest BCUT2D eigenvalue weighted by atomic mass is 15.1. The monoisotopic (exact) mass is 282 g/mol. The number of nitrogens with two attached hydrogens (primary N) is 1. The fourth-order valence-corrected chi connectivity index (χ4v) is 2.65. The van der Waals surface area contributed by atoms with Gasteiger partial charge in [-0.3, -0.25) is 0 Å². The van der Waals surface area contributed by atoms with Gasteiger partial charge in [0, 0.05) is 17.7 Å². The van der Waals surface area contributed by atoms with E-state index in [1.807, 2.05) is 6.07 Å². The Labute approximate surface area is 125 Å². The molecule has 1 heterocycles. The first-order chi connectivity index (χ1) is 10.0. The van der Waals surface area contributed by atoms with E-state index in [4.69, 9.17) is 5.73 Å². The van der Waals surface area contributed by atoms with Crippen LogP contribution in [0.2, 0.25) is 0 Å². The number of anilines is 2. The third-order valence-electron chi connectivity index (χ3n) is 4.33. The van der Waals surface area contributed by atoms with Gasteiger partial charge in [-0.05, 0) is 50.7 Å². The molecule has 4 nitrogen and oxygen atoms in total. The van der Waals surface area contributed by atoms with Crippen LogP contribution in [0.25, 0.3) is 11.3 Å². The molecular weight excluding hydrogens is 260 g/mol. The zero-order valence-electron chi connectivity index (χ0n) is 12.9. The average Bonchev–Trinajstić information content (AvgIpc) is 3.25. The summed E-state index contributed by atoms with van der Waals surface area (Å²) in [6, 6.07) is 8.67. The lowest BCUT2D eigenvalue weighted by Crippen LogP contribution is -2.18. The molecule has 3 N–H and O–H groups in total. The van der Waals surface area contributed by atoms with Crippen LogP contribution in [-0.4, -0.2) is 16.0 Å². The van der Waals surface area contributed by atoms with Crippen molar-refractivity contribution < 1.29 is 0 Å². The highest BCUT2D eigenvalue weighted by molar-refractivity contribution is 5.68. The van der Waals surface area contributed by atoms with E-state index in [-0.39, 0.29) is 0 Å². The SMILES string of the molecule is Cc1cccc(-c2cc(N[C@@H](C)C3CC3)nc(N)n2)c1C. The van der Waals surface area contributed by atoms with Crippen molar-refractivity contribution in [3.8, 4) is 11.3 Å². The smallest absolute Gasteiger partial charge is 0.222 e. The van der Waals surface area contributed by atoms with Crippen molar-refractivity contribution in [1.82, 2.24) is 9.97 Å². The fourth-order valence-electron chi connectivity index (χ4n) is 2.65. The van der Waals surface area contributed by atoms with Crippen LogP contribution in [0.5, 0.6) is 0 Å². The third-order valence-corrected chi connectivity index (χ3v) is 4.33. The third kappa shape index (κ3) is 2.99. The van der Waals surface area contributed by atoms with Gasteiger partial charge in [0.1, 0.15) is 5.82 Å². The van der Waals surface area contributed by atoms with Crippen LogP contribution in [0.4, 0.5) is 11.8 Å². The van der Waals surface area contributed by atoms with Gasteiger partial charge in [-0.1, -0.05) is 18.2 Å². The molecule has 1 aliphatic carbocycles. The highest BCUT2D eigenvalue weighted by Gasteiger charge is 2.28. The van der Waals surface area contributed by atoms with Gasteiger partial charge in [0.15, 0.2) is 0 Å². The second kappa shape index (κ2) is 5.35. The second-order valence-electron chi connectivity index (χ2n) is 6.01. The van der Waals surface area contributed by atoms with Gasteiger partial charge < -0.3 is 11.1 Å². The quantitative estimate of drug-likeness (QED) is 0.900. The van der Waals surface area contributed by atoms with E-state index in [0.717, 1.165) is 23.0 Å². The molecule has 1 saturated carbocycles. The van der Waals surface area contributed by atoms with Gasteiger partial charge in [0.25, 0.3) is 0 Å². The zero-order chi connectivity index (χ0) is 15.0. The normalized spacial score (nSPS) is 15.8. The standard InChI is InChI=1S/C17H22N4/c1-10-5-4-6-14(11(10)2)15-9-16(21-17(18)20-15)19-12(3)13-7-8-13/h4-6,9,12-13H,7-8H2,1-3H3,(H3,18,19,20,21)/t12-/m0/s1. The summed E-state index contributed by atoms with van der Waals surface area (Å²) in [4.78, 5) is 8.72. The number of hydrogen-bond donors (Lipinski definition) is 2. The summed E-state index contributed by atoms with van der Waals surface area (Å²) in [5.41, 5.74) is 10.4. The summed E-state index contributed by atoms with van der Waals surface area (Å²) < 4.78 is 0. The highest BCUT2D eigenvalue weighted by Crippen LogP contribution is 2.34. The Hall–Kier alpha value is -2.10. The molecule has 0 radical (unpaired) electrons. The van der Waals surface area contributed by atoms with Crippen LogP contribution in [0.1, 0.15) is 30.9 Å². The van der Waals surface area contributed by atoms with E-state index in [9.17, 15) is 0 Å². The largest absolute Gasteiger partial charge is 0.368 e. The summed E-state index contributed by atoms with van der Waals surface area (Å²) >= 11 is 0. The van der Waals surface area contributed by atoms with Gasteiger partial charge in [0.05, 0.1) is 5.69 Å². The van der Waals surface area contributed by atoms with Gasteiger partial charge in [0.2, 0.25) is 5.95 Å². The number of nitrogens with zero attached hydrogens (tertiary/aromatic N) is 2. The fraction of sp³-hybridized carbons (Fsp3) is 0.412. The lowest BCUT2D eigenvalue weighted by Gasteiger charge is -2.15. The molecule has 0 unspecified atom stereocenters. The van der Waals surface area contributed by atoms with Gasteiger partial charge in [-0.2, -0.15) is 4.98 Å². The number of benzene rings is 1. The van der Waals surface area contributed by atoms with E-state index in [1.165, 1.54) is 24.0 Å². The Balaban J connectivity index is 1.95. The number of aromatic nitrogens is 2. The number of rotatable bonds is 4. The molecule has 1 aliphatic rings. The molecular formula is C17H22N4. The maximum atomic E-state index is 5.89. The molecule has 3 rings (SSSR count). The molecule has 0 spiro atoms. The van der Waals surface area contributed by atoms with Crippen molar-refractivity contribution in [2.75, 3.05) is 11.1 Å². The van der Waals surface area contributed by atoms with Crippen molar-refractivity contribution in [1.29, 1.82) is 0 Å². The molecule has 0 aliphatic heterocycles. The Morgan fingerprint density at radius 1 is 1.24 bits per heavy atom. The van der Waals surface area contributed by atoms with Crippen molar-refractivity contribution >= 4 is 11.8 Å². The maximum Gasteiger partial charge on any atom is 0.222 e. The minimum Gasteiger partial charge on any atom is -0.368 e. The molecule has 1 aromatic carbocycles. The molecule has 0 bridgehead atoms. The molecule has 2 aromatic rings. The predicted octanol–water partition coefficient (Wildman–Crippen LogP) is 3.55. The molecule has 0 saturated heterocycles. The zero-order valence-corrected chi connectivity index (χ0v) is 12.9. The molecule has 1 fully saturated rings. The van der Waals surface area contributed by atoms with E-state index in [1.54, 1.807) is 0 Å². The summed E-state index contributed by atoms with van der Waals surface area (Å²) in [5, 5.41) is 3.46. The number of nitrogens with one attached hydrogen (secondary N) is 1. The lowest BCUT2D eigenvalue weighted by atomic mass is 10.0. The van der Waals surface area contributed by atoms with Crippen LogP contribution in [0, 0.1) is 19.8 Å². The number of aryl methyl sites for hydroxylation is 1. The van der Waals surface area contributed by atoms with Gasteiger partial charge >= 0.3 is 0 Å². The van der Waals surface area contributed by atoms with Crippen LogP contribution in [-0.2, 0) is 0 Å². The van der Waals surface area contributed by atoms with Gasteiger partial charge in [-0.15, -0.1) is 0 Å². The minimum absolute atomic E-state index is 0.318. The Morgan fingerprint density at radius 3 is 2.71 bits per heavy atom. The average molecular weight is 282 g/mol. The number of nitrogen functional groups attached to an aromatic ring is 1. The van der Waals surface area contributed by atoms with Crippen LogP contribution >= 0.6 is 0 Å². The molecule has 110 valence electrons. The Kier molecular flexibility index (Phi) is 3.53. The number of hydrogen-bond acceptors (Lipinski definition) is 4. The summed E-state index contributed by atoms with van der Waals surface area (Å²) in [6.07, 6.45) is 2.61. The summed E-state index contributed by atoms with van der Waals surface area (Å²) in [6.45, 7) is 6.42. The maximum absolute atomic E-state index is 5.89. The first-order valence-corrected chi connectivity index (χ1v) is 7.52. The van der Waals surface area contributed by atoms with Gasteiger partial charge in [-0.25, -0.2) is 4.98 Å². The van der Waals surface area contributed by atoms with Crippen molar-refractivity contribution in [3.63, 3.8) is 0 Å². The predicted molar refractivity (Wildman–Crippen MR) is 87.2 cm³/mol. The second-order valence-corrected chi connectivity index (χ2v) is 6.01. The van der Waals surface area contributed by atoms with Crippen molar-refractivity contribution in [3.05, 3.63) is 35.4 Å². The topological polar surface area (TPSA) is 63.8 Å². The molecule has 4 heteroatoms. The van der Waals surface area contributed by atoms with E-state index >= 15 is 0 Å². The Morgan fingerprint density at radius 2 is 2.00 bits per heavy atom. The molecule has 21 heavy (non-hydrogen) atoms. The van der Waals surface area contributed by atoms with E-state index < -0.39 is 0 Å². The first kappa shape index (κ1) is 13.9. The van der Waals surface area contributed by atoms with E-state index in [2.05, 4.69) is 54.3 Å². The Bertz CT molecular complexity index is 662.